The minimum Gasteiger partial charge on any atom is -0.392 e. The quantitative estimate of drug-likeness (QED) is 0.861. The Morgan fingerprint density at radius 3 is 2.19 bits per heavy atom. The summed E-state index contributed by atoms with van der Waals surface area (Å²) >= 11 is 17.7. The van der Waals surface area contributed by atoms with E-state index < -0.39 is 10.0 Å². The summed E-state index contributed by atoms with van der Waals surface area (Å²) in [6.45, 7) is -0.366. The molecule has 0 aliphatic rings. The van der Waals surface area contributed by atoms with Gasteiger partial charge in [-0.3, -0.25) is 4.72 Å². The van der Waals surface area contributed by atoms with Crippen molar-refractivity contribution >= 4 is 50.5 Å². The van der Waals surface area contributed by atoms with Crippen molar-refractivity contribution in [2.75, 3.05) is 4.72 Å². The van der Waals surface area contributed by atoms with Crippen LogP contribution in [0.4, 0.5) is 5.69 Å². The van der Waals surface area contributed by atoms with Crippen LogP contribution in [0, 0.1) is 0 Å². The lowest BCUT2D eigenvalue weighted by Crippen LogP contribution is -2.14. The van der Waals surface area contributed by atoms with Gasteiger partial charge in [-0.15, -0.1) is 0 Å². The molecule has 4 nitrogen and oxygen atoms in total. The SMILES string of the molecule is O=S(=O)(Nc1c(Cl)cccc1Cl)c1ccc(Cl)c(CO)c1. The molecule has 0 aromatic heterocycles. The van der Waals surface area contributed by atoms with Gasteiger partial charge in [0, 0.05) is 5.02 Å². The van der Waals surface area contributed by atoms with E-state index in [2.05, 4.69) is 4.72 Å². The third kappa shape index (κ3) is 3.62. The summed E-state index contributed by atoms with van der Waals surface area (Å²) in [5, 5.41) is 9.79. The van der Waals surface area contributed by atoms with Gasteiger partial charge in [0.15, 0.2) is 0 Å². The van der Waals surface area contributed by atoms with E-state index in [1.165, 1.54) is 30.3 Å². The molecule has 0 saturated carbocycles. The van der Waals surface area contributed by atoms with Crippen molar-refractivity contribution in [3.05, 3.63) is 57.0 Å². The van der Waals surface area contributed by atoms with Crippen LogP contribution in [0.3, 0.4) is 0 Å². The molecular formula is C13H10Cl3NO3S. The van der Waals surface area contributed by atoms with Gasteiger partial charge >= 0.3 is 0 Å². The molecule has 0 atom stereocenters. The first-order chi connectivity index (χ1) is 9.85. The molecule has 0 amide bonds. The standard InChI is InChI=1S/C13H10Cl3NO3S/c14-10-5-4-9(6-8(10)7-18)21(19,20)17-13-11(15)2-1-3-12(13)16/h1-6,17-18H,7H2. The van der Waals surface area contributed by atoms with Gasteiger partial charge in [0.1, 0.15) is 0 Å². The number of rotatable bonds is 4. The van der Waals surface area contributed by atoms with Gasteiger partial charge in [-0.1, -0.05) is 40.9 Å². The van der Waals surface area contributed by atoms with Gasteiger partial charge in [0.25, 0.3) is 10.0 Å². The number of sulfonamides is 1. The highest BCUT2D eigenvalue weighted by molar-refractivity contribution is 7.92. The fraction of sp³-hybridized carbons (Fsp3) is 0.0769. The van der Waals surface area contributed by atoms with E-state index in [4.69, 9.17) is 39.9 Å². The van der Waals surface area contributed by atoms with Gasteiger partial charge < -0.3 is 5.11 Å². The second-order valence-corrected chi connectivity index (χ2v) is 7.02. The molecule has 2 N–H and O–H groups in total. The Kier molecular flexibility index (Phi) is 5.01. The Labute approximate surface area is 137 Å². The minimum atomic E-state index is -3.90. The molecule has 0 radical (unpaired) electrons. The molecule has 2 aromatic rings. The Hall–Kier alpha value is -0.980. The third-order valence-corrected chi connectivity index (χ3v) is 5.04. The number of nitrogens with one attached hydrogen (secondary N) is 1. The van der Waals surface area contributed by atoms with Gasteiger partial charge in [0.2, 0.25) is 0 Å². The summed E-state index contributed by atoms with van der Waals surface area (Å²) in [7, 11) is -3.90. The molecular weight excluding hydrogens is 357 g/mol. The van der Waals surface area contributed by atoms with E-state index in [1.54, 1.807) is 6.07 Å². The van der Waals surface area contributed by atoms with E-state index in [0.717, 1.165) is 0 Å². The molecule has 2 aromatic carbocycles. The largest absolute Gasteiger partial charge is 0.392 e. The van der Waals surface area contributed by atoms with Crippen LogP contribution in [-0.2, 0) is 16.6 Å². The van der Waals surface area contributed by atoms with Gasteiger partial charge in [-0.2, -0.15) is 0 Å². The normalized spacial score (nSPS) is 11.4. The van der Waals surface area contributed by atoms with Gasteiger partial charge in [0.05, 0.1) is 27.2 Å². The first-order valence-electron chi connectivity index (χ1n) is 5.71. The Morgan fingerprint density at radius 2 is 1.62 bits per heavy atom. The van der Waals surface area contributed by atoms with Crippen LogP contribution < -0.4 is 4.72 Å². The number of halogens is 3. The van der Waals surface area contributed by atoms with Crippen LogP contribution in [0.5, 0.6) is 0 Å². The number of hydrogen-bond acceptors (Lipinski definition) is 3. The Bertz CT molecular complexity index is 758. The molecule has 112 valence electrons. The smallest absolute Gasteiger partial charge is 0.261 e. The van der Waals surface area contributed by atoms with Crippen LogP contribution >= 0.6 is 34.8 Å². The Balaban J connectivity index is 2.44. The zero-order valence-electron chi connectivity index (χ0n) is 10.5. The first-order valence-corrected chi connectivity index (χ1v) is 8.33. The predicted octanol–water partition coefficient (Wildman–Crippen LogP) is 3.94. The third-order valence-electron chi connectivity index (χ3n) is 2.70. The molecule has 2 rings (SSSR count). The highest BCUT2D eigenvalue weighted by atomic mass is 35.5. The number of aliphatic hydroxyl groups is 1. The maximum atomic E-state index is 12.3. The van der Waals surface area contributed by atoms with Gasteiger partial charge in [-0.05, 0) is 35.9 Å². The summed E-state index contributed by atoms with van der Waals surface area (Å²) in [6, 6.07) is 8.66. The molecule has 0 aliphatic carbocycles. The van der Waals surface area contributed by atoms with Crippen LogP contribution in [0.1, 0.15) is 5.56 Å². The molecule has 0 aliphatic heterocycles. The zero-order valence-corrected chi connectivity index (χ0v) is 13.6. The van der Waals surface area contributed by atoms with Crippen LogP contribution in [-0.4, -0.2) is 13.5 Å². The fourth-order valence-corrected chi connectivity index (χ4v) is 3.56. The van der Waals surface area contributed by atoms with E-state index in [0.29, 0.717) is 5.56 Å². The van der Waals surface area contributed by atoms with Crippen molar-refractivity contribution in [2.24, 2.45) is 0 Å². The second-order valence-electron chi connectivity index (χ2n) is 4.11. The summed E-state index contributed by atoms with van der Waals surface area (Å²) in [5.41, 5.74) is 0.408. The lowest BCUT2D eigenvalue weighted by molar-refractivity contribution is 0.281. The average molecular weight is 367 g/mol. The summed E-state index contributed by atoms with van der Waals surface area (Å²) < 4.78 is 27.0. The first kappa shape index (κ1) is 16.4. The molecule has 0 bridgehead atoms. The fourth-order valence-electron chi connectivity index (χ4n) is 1.63. The molecule has 0 fully saturated rings. The molecule has 0 heterocycles. The molecule has 0 saturated heterocycles. The van der Waals surface area contributed by atoms with Crippen molar-refractivity contribution in [2.45, 2.75) is 11.5 Å². The lowest BCUT2D eigenvalue weighted by atomic mass is 10.2. The number of hydrogen-bond donors (Lipinski definition) is 2. The predicted molar refractivity (Wildman–Crippen MR) is 84.6 cm³/mol. The van der Waals surface area contributed by atoms with Crippen LogP contribution in [0.15, 0.2) is 41.3 Å². The zero-order chi connectivity index (χ0) is 15.6. The number of benzene rings is 2. The number of aliphatic hydroxyl groups excluding tert-OH is 1. The molecule has 0 spiro atoms. The minimum absolute atomic E-state index is 0.0491. The number of para-hydroxylation sites is 1. The van der Waals surface area contributed by atoms with Crippen molar-refractivity contribution in [1.82, 2.24) is 0 Å². The van der Waals surface area contributed by atoms with Crippen molar-refractivity contribution in [1.29, 1.82) is 0 Å². The average Bonchev–Trinajstić information content (AvgIpc) is 2.43. The van der Waals surface area contributed by atoms with Gasteiger partial charge in [-0.25, -0.2) is 8.42 Å². The van der Waals surface area contributed by atoms with E-state index in [1.807, 2.05) is 0 Å². The number of anilines is 1. The van der Waals surface area contributed by atoms with Crippen molar-refractivity contribution < 1.29 is 13.5 Å². The Morgan fingerprint density at radius 1 is 1.00 bits per heavy atom. The van der Waals surface area contributed by atoms with E-state index in [-0.39, 0.29) is 32.3 Å². The second kappa shape index (κ2) is 6.42. The van der Waals surface area contributed by atoms with Crippen molar-refractivity contribution in [3.63, 3.8) is 0 Å². The van der Waals surface area contributed by atoms with E-state index >= 15 is 0 Å². The van der Waals surface area contributed by atoms with E-state index in [9.17, 15) is 8.42 Å². The molecule has 0 unspecified atom stereocenters. The summed E-state index contributed by atoms with van der Waals surface area (Å²) in [6.07, 6.45) is 0. The highest BCUT2D eigenvalue weighted by Gasteiger charge is 2.18. The maximum absolute atomic E-state index is 12.3. The van der Waals surface area contributed by atoms with Crippen LogP contribution in [0.2, 0.25) is 15.1 Å². The topological polar surface area (TPSA) is 66.4 Å². The molecule has 8 heteroatoms. The summed E-state index contributed by atoms with van der Waals surface area (Å²) in [4.78, 5) is -0.0491. The monoisotopic (exact) mass is 365 g/mol. The maximum Gasteiger partial charge on any atom is 0.261 e. The highest BCUT2D eigenvalue weighted by Crippen LogP contribution is 2.32. The van der Waals surface area contributed by atoms with Crippen molar-refractivity contribution in [3.8, 4) is 0 Å². The van der Waals surface area contributed by atoms with Crippen LogP contribution in [0.25, 0.3) is 0 Å². The molecule has 21 heavy (non-hydrogen) atoms. The summed E-state index contributed by atoms with van der Waals surface area (Å²) in [5.74, 6) is 0. The lowest BCUT2D eigenvalue weighted by Gasteiger charge is -2.12.